The van der Waals surface area contributed by atoms with Gasteiger partial charge in [0.15, 0.2) is 5.69 Å². The molecule has 0 fully saturated rings. The van der Waals surface area contributed by atoms with E-state index in [4.69, 9.17) is 0 Å². The Bertz CT molecular complexity index is 1250. The van der Waals surface area contributed by atoms with E-state index in [0.717, 1.165) is 11.3 Å². The van der Waals surface area contributed by atoms with Gasteiger partial charge in [0, 0.05) is 10.3 Å². The Morgan fingerprint density at radius 2 is 2.15 bits per heavy atom. The number of nitrogens with zero attached hydrogens (tertiary/aromatic N) is 4. The lowest BCUT2D eigenvalue weighted by Crippen LogP contribution is -2.23. The van der Waals surface area contributed by atoms with Crippen molar-refractivity contribution in [2.75, 3.05) is 0 Å². The SMILES string of the molecule is CCc1cc2c(=O)n(CC(=O)N=Nc3c(O)[nH]c4ccccc34)cnc2s1. The Morgan fingerprint density at radius 3 is 2.96 bits per heavy atom. The van der Waals surface area contributed by atoms with Crippen LogP contribution in [0.25, 0.3) is 21.1 Å². The van der Waals surface area contributed by atoms with Gasteiger partial charge >= 0.3 is 0 Å². The van der Waals surface area contributed by atoms with Crippen LogP contribution in [0.1, 0.15) is 11.8 Å². The van der Waals surface area contributed by atoms with Crippen LogP contribution < -0.4 is 5.56 Å². The van der Waals surface area contributed by atoms with Gasteiger partial charge in [-0.15, -0.1) is 21.6 Å². The monoisotopic (exact) mass is 381 g/mol. The average molecular weight is 381 g/mol. The van der Waals surface area contributed by atoms with Gasteiger partial charge in [-0.25, -0.2) is 4.98 Å². The number of aromatic hydroxyl groups is 1. The number of aryl methyl sites for hydroxylation is 1. The van der Waals surface area contributed by atoms with Crippen molar-refractivity contribution in [1.29, 1.82) is 0 Å². The molecule has 2 N–H and O–H groups in total. The van der Waals surface area contributed by atoms with Crippen LogP contribution in [-0.4, -0.2) is 25.5 Å². The molecule has 0 unspecified atom stereocenters. The maximum atomic E-state index is 12.5. The number of hydrogen-bond donors (Lipinski definition) is 2. The Hall–Kier alpha value is -3.33. The Kier molecular flexibility index (Phi) is 4.28. The zero-order valence-electron chi connectivity index (χ0n) is 14.3. The molecule has 0 aliphatic carbocycles. The summed E-state index contributed by atoms with van der Waals surface area (Å²) in [7, 11) is 0. The zero-order chi connectivity index (χ0) is 19.0. The number of fused-ring (bicyclic) bond motifs is 2. The maximum absolute atomic E-state index is 12.5. The van der Waals surface area contributed by atoms with Crippen molar-refractivity contribution < 1.29 is 9.90 Å². The van der Waals surface area contributed by atoms with Crippen molar-refractivity contribution in [1.82, 2.24) is 14.5 Å². The Balaban J connectivity index is 1.60. The van der Waals surface area contributed by atoms with E-state index < -0.39 is 5.91 Å². The minimum Gasteiger partial charge on any atom is -0.493 e. The second-order valence-corrected chi connectivity index (χ2v) is 7.04. The van der Waals surface area contributed by atoms with E-state index in [9.17, 15) is 14.7 Å². The van der Waals surface area contributed by atoms with Gasteiger partial charge in [0.05, 0.1) is 17.2 Å². The second-order valence-electron chi connectivity index (χ2n) is 5.92. The molecule has 0 saturated heterocycles. The number of rotatable bonds is 4. The predicted octanol–water partition coefficient (Wildman–Crippen LogP) is 3.52. The van der Waals surface area contributed by atoms with Crippen LogP contribution >= 0.6 is 11.3 Å². The fourth-order valence-corrected chi connectivity index (χ4v) is 3.72. The number of azo groups is 1. The molecular formula is C18H15N5O3S. The largest absolute Gasteiger partial charge is 0.493 e. The highest BCUT2D eigenvalue weighted by Gasteiger charge is 2.12. The van der Waals surface area contributed by atoms with Gasteiger partial charge in [-0.2, -0.15) is 0 Å². The highest BCUT2D eigenvalue weighted by atomic mass is 32.1. The molecule has 0 aliphatic heterocycles. The first-order chi connectivity index (χ1) is 13.1. The van der Waals surface area contributed by atoms with Crippen LogP contribution in [-0.2, 0) is 17.8 Å². The molecule has 3 heterocycles. The van der Waals surface area contributed by atoms with Gasteiger partial charge in [-0.1, -0.05) is 25.1 Å². The first kappa shape index (κ1) is 17.1. The summed E-state index contributed by atoms with van der Waals surface area (Å²) in [6, 6.07) is 8.95. The summed E-state index contributed by atoms with van der Waals surface area (Å²) in [5.41, 5.74) is 0.589. The molecule has 3 aromatic heterocycles. The molecule has 4 aromatic rings. The van der Waals surface area contributed by atoms with Gasteiger partial charge < -0.3 is 10.1 Å². The number of benzene rings is 1. The normalized spacial score (nSPS) is 11.7. The second kappa shape index (κ2) is 6.76. The lowest BCUT2D eigenvalue weighted by molar-refractivity contribution is -0.118. The molecular weight excluding hydrogens is 366 g/mol. The van der Waals surface area contributed by atoms with Crippen molar-refractivity contribution in [3.8, 4) is 5.88 Å². The molecule has 8 nitrogen and oxygen atoms in total. The molecule has 136 valence electrons. The van der Waals surface area contributed by atoms with Crippen molar-refractivity contribution in [2.24, 2.45) is 10.2 Å². The van der Waals surface area contributed by atoms with Crippen LogP contribution in [0.4, 0.5) is 5.69 Å². The van der Waals surface area contributed by atoms with E-state index in [0.29, 0.717) is 21.1 Å². The number of hydrogen-bond acceptors (Lipinski definition) is 6. The lowest BCUT2D eigenvalue weighted by Gasteiger charge is -2.00. The summed E-state index contributed by atoms with van der Waals surface area (Å²) >= 11 is 1.47. The molecule has 0 atom stereocenters. The van der Waals surface area contributed by atoms with Crippen LogP contribution in [0.2, 0.25) is 0 Å². The Labute approximate surface area is 156 Å². The third-order valence-electron chi connectivity index (χ3n) is 4.14. The number of amides is 1. The highest BCUT2D eigenvalue weighted by Crippen LogP contribution is 2.35. The van der Waals surface area contributed by atoms with Crippen molar-refractivity contribution in [3.05, 3.63) is 51.9 Å². The first-order valence-electron chi connectivity index (χ1n) is 8.29. The molecule has 0 bridgehead atoms. The molecule has 0 aliphatic rings. The van der Waals surface area contributed by atoms with Crippen LogP contribution in [0, 0.1) is 0 Å². The van der Waals surface area contributed by atoms with Gasteiger partial charge in [0.1, 0.15) is 11.4 Å². The topological polar surface area (TPSA) is 113 Å². The molecule has 1 amide bonds. The number of carbonyl (C=O) groups excluding carboxylic acids is 1. The van der Waals surface area contributed by atoms with E-state index >= 15 is 0 Å². The molecule has 4 rings (SSSR count). The van der Waals surface area contributed by atoms with Crippen molar-refractivity contribution >= 4 is 44.1 Å². The summed E-state index contributed by atoms with van der Waals surface area (Å²) < 4.78 is 1.21. The smallest absolute Gasteiger partial charge is 0.284 e. The summed E-state index contributed by atoms with van der Waals surface area (Å²) in [5.74, 6) is -0.785. The Morgan fingerprint density at radius 1 is 1.33 bits per heavy atom. The zero-order valence-corrected chi connectivity index (χ0v) is 15.2. The van der Waals surface area contributed by atoms with Crippen LogP contribution in [0.15, 0.2) is 51.7 Å². The maximum Gasteiger partial charge on any atom is 0.284 e. The summed E-state index contributed by atoms with van der Waals surface area (Å²) in [6.45, 7) is 1.74. The number of aromatic nitrogens is 3. The molecule has 27 heavy (non-hydrogen) atoms. The standard InChI is InChI=1S/C18H15N5O3S/c1-2-10-7-12-17(27-10)19-9-23(18(12)26)8-14(24)21-22-15-11-5-3-4-6-13(11)20-16(15)25/h3-7,9,20,25H,2,8H2,1H3. The fourth-order valence-electron chi connectivity index (χ4n) is 2.79. The van der Waals surface area contributed by atoms with Gasteiger partial charge in [-0.3, -0.25) is 14.2 Å². The van der Waals surface area contributed by atoms with E-state index in [1.807, 2.05) is 19.1 Å². The predicted molar refractivity (Wildman–Crippen MR) is 103 cm³/mol. The third-order valence-corrected chi connectivity index (χ3v) is 5.33. The quantitative estimate of drug-likeness (QED) is 0.527. The molecule has 1 aromatic carbocycles. The van der Waals surface area contributed by atoms with Gasteiger partial charge in [0.2, 0.25) is 5.88 Å². The summed E-state index contributed by atoms with van der Waals surface area (Å²) in [4.78, 5) is 33.4. The van der Waals surface area contributed by atoms with Crippen molar-refractivity contribution in [2.45, 2.75) is 19.9 Å². The molecule has 0 radical (unpaired) electrons. The third kappa shape index (κ3) is 3.13. The number of thiophene rings is 1. The number of H-pyrrole nitrogens is 1. The fraction of sp³-hybridized carbons (Fsp3) is 0.167. The van der Waals surface area contributed by atoms with Gasteiger partial charge in [0.25, 0.3) is 11.5 Å². The number of nitrogens with one attached hydrogen (secondary N) is 1. The first-order valence-corrected chi connectivity index (χ1v) is 9.10. The summed E-state index contributed by atoms with van der Waals surface area (Å²) in [6.07, 6.45) is 2.17. The van der Waals surface area contributed by atoms with E-state index in [2.05, 4.69) is 20.2 Å². The lowest BCUT2D eigenvalue weighted by atomic mass is 10.2. The summed E-state index contributed by atoms with van der Waals surface area (Å²) in [5, 5.41) is 18.6. The minimum absolute atomic E-state index is 0.168. The van der Waals surface area contributed by atoms with Crippen LogP contribution in [0.3, 0.4) is 0 Å². The van der Waals surface area contributed by atoms with Crippen LogP contribution in [0.5, 0.6) is 5.88 Å². The molecule has 9 heteroatoms. The number of para-hydroxylation sites is 1. The molecule has 0 saturated carbocycles. The minimum atomic E-state index is -0.617. The molecule has 0 spiro atoms. The number of aromatic amines is 1. The van der Waals surface area contributed by atoms with Gasteiger partial charge in [-0.05, 0) is 18.6 Å². The van der Waals surface area contributed by atoms with E-state index in [-0.39, 0.29) is 23.7 Å². The highest BCUT2D eigenvalue weighted by molar-refractivity contribution is 7.18. The van der Waals surface area contributed by atoms with Crippen molar-refractivity contribution in [3.63, 3.8) is 0 Å². The van der Waals surface area contributed by atoms with E-state index in [1.165, 1.54) is 22.2 Å². The average Bonchev–Trinajstić information content (AvgIpc) is 3.23. The number of carbonyl (C=O) groups is 1. The van der Waals surface area contributed by atoms with E-state index in [1.54, 1.807) is 18.2 Å².